The van der Waals surface area contributed by atoms with Crippen molar-refractivity contribution >= 4 is 17.9 Å². The van der Waals surface area contributed by atoms with Crippen LogP contribution in [0.3, 0.4) is 0 Å². The van der Waals surface area contributed by atoms with Crippen LogP contribution in [0.15, 0.2) is 36.5 Å². The van der Waals surface area contributed by atoms with Crippen LogP contribution in [-0.2, 0) is 28.6 Å². The Balaban J connectivity index is 4.15. The predicted molar refractivity (Wildman–Crippen MR) is 349 cm³/mol. The van der Waals surface area contributed by atoms with Gasteiger partial charge in [-0.25, -0.2) is 0 Å². The zero-order valence-electron chi connectivity index (χ0n) is 54.1. The van der Waals surface area contributed by atoms with Gasteiger partial charge in [0.1, 0.15) is 13.2 Å². The Hall–Kier alpha value is -2.37. The van der Waals surface area contributed by atoms with E-state index in [-0.39, 0.29) is 31.1 Å². The topological polar surface area (TPSA) is 78.9 Å². The molecule has 0 aromatic carbocycles. The van der Waals surface area contributed by atoms with Crippen molar-refractivity contribution in [3.63, 3.8) is 0 Å². The van der Waals surface area contributed by atoms with Gasteiger partial charge in [-0.15, -0.1) is 0 Å². The molecule has 0 radical (unpaired) electrons. The van der Waals surface area contributed by atoms with Gasteiger partial charge in [-0.05, 0) is 77.0 Å². The van der Waals surface area contributed by atoms with Crippen LogP contribution < -0.4 is 0 Å². The minimum atomic E-state index is -0.774. The van der Waals surface area contributed by atoms with Crippen molar-refractivity contribution in [2.45, 2.75) is 406 Å². The van der Waals surface area contributed by atoms with Gasteiger partial charge in [0.05, 0.1) is 0 Å². The molecule has 0 saturated carbocycles. The average molecular weight is 1120 g/mol. The van der Waals surface area contributed by atoms with Gasteiger partial charge in [-0.2, -0.15) is 0 Å². The van der Waals surface area contributed by atoms with E-state index in [0.717, 1.165) is 70.6 Å². The summed E-state index contributed by atoms with van der Waals surface area (Å²) in [5.41, 5.74) is 0. The number of hydrogen-bond donors (Lipinski definition) is 0. The Morgan fingerprint density at radius 3 is 0.725 bits per heavy atom. The lowest BCUT2D eigenvalue weighted by Crippen LogP contribution is -2.30. The van der Waals surface area contributed by atoms with Gasteiger partial charge in [-0.1, -0.05) is 340 Å². The highest BCUT2D eigenvalue weighted by molar-refractivity contribution is 5.71. The second-order valence-corrected chi connectivity index (χ2v) is 24.5. The summed E-state index contributed by atoms with van der Waals surface area (Å²) in [5.74, 6) is -0.848. The summed E-state index contributed by atoms with van der Waals surface area (Å²) in [6, 6.07) is 0. The summed E-state index contributed by atoms with van der Waals surface area (Å²) in [4.78, 5) is 38.4. The molecule has 0 aromatic heterocycles. The van der Waals surface area contributed by atoms with Crippen LogP contribution in [-0.4, -0.2) is 37.2 Å². The van der Waals surface area contributed by atoms with Crippen molar-refractivity contribution in [2.75, 3.05) is 13.2 Å². The molecule has 1 unspecified atom stereocenters. The zero-order chi connectivity index (χ0) is 57.8. The van der Waals surface area contributed by atoms with Gasteiger partial charge in [0.15, 0.2) is 6.10 Å². The molecule has 0 heterocycles. The molecule has 0 fully saturated rings. The van der Waals surface area contributed by atoms with Crippen molar-refractivity contribution in [2.24, 2.45) is 0 Å². The molecule has 1 atom stereocenters. The molecule has 0 saturated heterocycles. The zero-order valence-corrected chi connectivity index (χ0v) is 54.1. The second-order valence-electron chi connectivity index (χ2n) is 24.5. The third kappa shape index (κ3) is 66.4. The normalized spacial score (nSPS) is 12.2. The molecular formula is C74H138O6. The molecule has 0 aliphatic rings. The van der Waals surface area contributed by atoms with E-state index in [4.69, 9.17) is 14.2 Å². The number of esters is 3. The van der Waals surface area contributed by atoms with Crippen molar-refractivity contribution in [1.29, 1.82) is 0 Å². The minimum Gasteiger partial charge on any atom is -0.462 e. The summed E-state index contributed by atoms with van der Waals surface area (Å²) in [6.07, 6.45) is 86.1. The van der Waals surface area contributed by atoms with Crippen LogP contribution in [0, 0.1) is 0 Å². The lowest BCUT2D eigenvalue weighted by atomic mass is 10.0. The molecule has 0 amide bonds. The van der Waals surface area contributed by atoms with Gasteiger partial charge in [0.25, 0.3) is 0 Å². The third-order valence-corrected chi connectivity index (χ3v) is 16.4. The van der Waals surface area contributed by atoms with Gasteiger partial charge in [0.2, 0.25) is 0 Å². The van der Waals surface area contributed by atoms with Crippen LogP contribution in [0.25, 0.3) is 0 Å². The highest BCUT2D eigenvalue weighted by Gasteiger charge is 2.19. The van der Waals surface area contributed by atoms with Crippen molar-refractivity contribution in [1.82, 2.24) is 0 Å². The first-order valence-electron chi connectivity index (χ1n) is 36.0. The fourth-order valence-corrected chi connectivity index (χ4v) is 10.9. The van der Waals surface area contributed by atoms with E-state index in [1.54, 1.807) is 0 Å². The predicted octanol–water partition coefficient (Wildman–Crippen LogP) is 24.7. The van der Waals surface area contributed by atoms with Crippen molar-refractivity contribution < 1.29 is 28.6 Å². The monoisotopic (exact) mass is 1120 g/mol. The van der Waals surface area contributed by atoms with Gasteiger partial charge in [-0.3, -0.25) is 14.4 Å². The van der Waals surface area contributed by atoms with E-state index in [1.165, 1.54) is 289 Å². The molecular weight excluding hydrogens is 985 g/mol. The molecule has 470 valence electrons. The molecule has 0 bridgehead atoms. The lowest BCUT2D eigenvalue weighted by molar-refractivity contribution is -0.167. The van der Waals surface area contributed by atoms with E-state index in [0.29, 0.717) is 19.3 Å². The molecule has 0 aliphatic carbocycles. The molecule has 6 heteroatoms. The molecule has 0 aliphatic heterocycles. The first kappa shape index (κ1) is 77.6. The first-order chi connectivity index (χ1) is 39.5. The Kier molecular flexibility index (Phi) is 67.1. The fourth-order valence-electron chi connectivity index (χ4n) is 10.9. The maximum absolute atomic E-state index is 12.9. The summed E-state index contributed by atoms with van der Waals surface area (Å²) in [7, 11) is 0. The van der Waals surface area contributed by atoms with Gasteiger partial charge in [0, 0.05) is 19.3 Å². The molecule has 0 rings (SSSR count). The first-order valence-corrected chi connectivity index (χ1v) is 36.0. The molecule has 0 N–H and O–H groups in total. The van der Waals surface area contributed by atoms with Crippen LogP contribution >= 0.6 is 0 Å². The number of unbranched alkanes of at least 4 members (excludes halogenated alkanes) is 50. The second kappa shape index (κ2) is 69.1. The SMILES string of the molecule is CCCCC/C=C\C/C=C\CCCCCCCCCC(=O)OC(COC(=O)CCCCCCCCCCCCCCCC)COC(=O)CCCCCCCCCCCCCCCCCCCCC/C=C\CCCCCCCCCC. The highest BCUT2D eigenvalue weighted by Crippen LogP contribution is 2.19. The molecule has 80 heavy (non-hydrogen) atoms. The van der Waals surface area contributed by atoms with E-state index >= 15 is 0 Å². The van der Waals surface area contributed by atoms with E-state index in [1.807, 2.05) is 0 Å². The van der Waals surface area contributed by atoms with E-state index < -0.39 is 6.10 Å². The largest absolute Gasteiger partial charge is 0.462 e. The van der Waals surface area contributed by atoms with Crippen LogP contribution in [0.2, 0.25) is 0 Å². The Morgan fingerprint density at radius 2 is 0.450 bits per heavy atom. The summed E-state index contributed by atoms with van der Waals surface area (Å²) in [6.45, 7) is 6.68. The number of hydrogen-bond acceptors (Lipinski definition) is 6. The van der Waals surface area contributed by atoms with Crippen LogP contribution in [0.4, 0.5) is 0 Å². The Bertz CT molecular complexity index is 1340. The summed E-state index contributed by atoms with van der Waals surface area (Å²) >= 11 is 0. The third-order valence-electron chi connectivity index (χ3n) is 16.4. The number of allylic oxidation sites excluding steroid dienone is 6. The Labute approximate surface area is 499 Å². The number of carbonyl (C=O) groups excluding carboxylic acids is 3. The van der Waals surface area contributed by atoms with Gasteiger partial charge >= 0.3 is 17.9 Å². The van der Waals surface area contributed by atoms with E-state index in [2.05, 4.69) is 57.2 Å². The summed E-state index contributed by atoms with van der Waals surface area (Å²) < 4.78 is 17.0. The smallest absolute Gasteiger partial charge is 0.306 e. The lowest BCUT2D eigenvalue weighted by Gasteiger charge is -2.18. The fraction of sp³-hybridized carbons (Fsp3) is 0.878. The quantitative estimate of drug-likeness (QED) is 0.0261. The molecule has 0 aromatic rings. The maximum Gasteiger partial charge on any atom is 0.306 e. The van der Waals surface area contributed by atoms with Crippen LogP contribution in [0.5, 0.6) is 0 Å². The standard InChI is InChI=1S/C74H138O6/c1-4-7-10-13-16-19-22-25-28-30-31-32-33-34-35-36-37-38-39-40-41-42-43-45-46-49-52-55-58-61-64-67-73(76)79-70-71(69-78-72(75)66-63-60-57-54-51-48-27-24-21-18-15-12-9-6-3)80-74(77)68-65-62-59-56-53-50-47-44-29-26-23-20-17-14-11-8-5-2/h17,20,26,29-31,71H,4-16,18-19,21-25,27-28,32-70H2,1-3H3/b20-17-,29-26-,31-30-. The average Bonchev–Trinajstić information content (AvgIpc) is 3.46. The van der Waals surface area contributed by atoms with Crippen molar-refractivity contribution in [3.05, 3.63) is 36.5 Å². The summed E-state index contributed by atoms with van der Waals surface area (Å²) in [5, 5.41) is 0. The maximum atomic E-state index is 12.9. The molecule has 6 nitrogen and oxygen atoms in total. The highest BCUT2D eigenvalue weighted by atomic mass is 16.6. The number of rotatable bonds is 67. The Morgan fingerprint density at radius 1 is 0.250 bits per heavy atom. The minimum absolute atomic E-state index is 0.0697. The number of ether oxygens (including phenoxy) is 3. The van der Waals surface area contributed by atoms with E-state index in [9.17, 15) is 14.4 Å². The number of carbonyl (C=O) groups is 3. The van der Waals surface area contributed by atoms with Gasteiger partial charge < -0.3 is 14.2 Å². The van der Waals surface area contributed by atoms with Crippen LogP contribution in [0.1, 0.15) is 400 Å². The molecule has 0 spiro atoms. The van der Waals surface area contributed by atoms with Crippen molar-refractivity contribution in [3.8, 4) is 0 Å².